The predicted molar refractivity (Wildman–Crippen MR) is 43.9 cm³/mol. The van der Waals surface area contributed by atoms with Gasteiger partial charge in [0.15, 0.2) is 5.82 Å². The van der Waals surface area contributed by atoms with Gasteiger partial charge in [0.25, 0.3) is 5.71 Å². The Balaban J connectivity index is 2.87. The van der Waals surface area contributed by atoms with Gasteiger partial charge in [-0.2, -0.15) is 0 Å². The van der Waals surface area contributed by atoms with Crippen LogP contribution >= 0.6 is 15.9 Å². The van der Waals surface area contributed by atoms with Crippen molar-refractivity contribution in [2.75, 3.05) is 5.73 Å². The van der Waals surface area contributed by atoms with E-state index in [-0.39, 0.29) is 0 Å². The molecule has 0 aliphatic heterocycles. The summed E-state index contributed by atoms with van der Waals surface area (Å²) in [5.74, 6) is 0.369. The first kappa shape index (κ1) is 6.60. The molecule has 4 nitrogen and oxygen atoms in total. The van der Waals surface area contributed by atoms with Gasteiger partial charge in [0.2, 0.25) is 0 Å². The maximum Gasteiger partial charge on any atom is 0.259 e. The normalized spacial score (nSPS) is 10.6. The minimum absolute atomic E-state index is 0.369. The minimum Gasteiger partial charge on any atom is -0.380 e. The van der Waals surface area contributed by atoms with Crippen LogP contribution < -0.4 is 5.73 Å². The zero-order valence-electron chi connectivity index (χ0n) is 5.41. The monoisotopic (exact) mass is 213 g/mol. The standard InChI is InChI=1S/C6H4BrN3O/c7-3-1-4-5(8)10-11-6(4)9-2-3/h1-2H,(H2,8,10). The third-order valence-corrected chi connectivity index (χ3v) is 1.76. The van der Waals surface area contributed by atoms with Gasteiger partial charge in [-0.15, -0.1) is 0 Å². The van der Waals surface area contributed by atoms with Gasteiger partial charge in [-0.25, -0.2) is 4.98 Å². The Kier molecular flexibility index (Phi) is 1.32. The largest absolute Gasteiger partial charge is 0.380 e. The Morgan fingerprint density at radius 2 is 2.36 bits per heavy atom. The van der Waals surface area contributed by atoms with E-state index in [0.717, 1.165) is 9.86 Å². The lowest BCUT2D eigenvalue weighted by molar-refractivity contribution is 0.452. The Morgan fingerprint density at radius 1 is 1.55 bits per heavy atom. The molecule has 11 heavy (non-hydrogen) atoms. The van der Waals surface area contributed by atoms with Gasteiger partial charge in [0.1, 0.15) is 0 Å². The summed E-state index contributed by atoms with van der Waals surface area (Å²) in [5.41, 5.74) is 5.94. The number of hydrogen-bond donors (Lipinski definition) is 1. The lowest BCUT2D eigenvalue weighted by Crippen LogP contribution is -1.83. The van der Waals surface area contributed by atoms with Crippen molar-refractivity contribution in [2.45, 2.75) is 0 Å². The number of nitrogens with two attached hydrogens (primary N) is 1. The van der Waals surface area contributed by atoms with Crippen LogP contribution in [0.1, 0.15) is 0 Å². The number of anilines is 1. The number of fused-ring (bicyclic) bond motifs is 1. The molecule has 0 amide bonds. The molecular formula is C6H4BrN3O. The Bertz CT molecular complexity index is 398. The molecule has 0 aliphatic carbocycles. The summed E-state index contributed by atoms with van der Waals surface area (Å²) in [5, 5.41) is 4.29. The second kappa shape index (κ2) is 2.20. The van der Waals surface area contributed by atoms with Crippen LogP contribution in [0.2, 0.25) is 0 Å². The summed E-state index contributed by atoms with van der Waals surface area (Å²) >= 11 is 3.26. The van der Waals surface area contributed by atoms with E-state index in [2.05, 4.69) is 26.1 Å². The molecule has 2 aromatic heterocycles. The van der Waals surface area contributed by atoms with Crippen LogP contribution in [-0.2, 0) is 0 Å². The second-order valence-electron chi connectivity index (χ2n) is 2.07. The molecule has 2 aromatic rings. The summed E-state index contributed by atoms with van der Waals surface area (Å²) in [7, 11) is 0. The number of rotatable bonds is 0. The van der Waals surface area contributed by atoms with Gasteiger partial charge >= 0.3 is 0 Å². The third-order valence-electron chi connectivity index (χ3n) is 1.32. The predicted octanol–water partition coefficient (Wildman–Crippen LogP) is 1.57. The molecule has 0 aromatic carbocycles. The lowest BCUT2D eigenvalue weighted by Gasteiger charge is -1.87. The zero-order valence-corrected chi connectivity index (χ0v) is 7.00. The van der Waals surface area contributed by atoms with Crippen LogP contribution in [0.4, 0.5) is 5.82 Å². The second-order valence-corrected chi connectivity index (χ2v) is 2.99. The highest BCUT2D eigenvalue weighted by Gasteiger charge is 2.04. The highest BCUT2D eigenvalue weighted by molar-refractivity contribution is 9.10. The first-order valence-corrected chi connectivity index (χ1v) is 3.73. The zero-order chi connectivity index (χ0) is 7.84. The number of hydrogen-bond acceptors (Lipinski definition) is 4. The molecule has 0 radical (unpaired) electrons. The van der Waals surface area contributed by atoms with Crippen molar-refractivity contribution in [3.05, 3.63) is 16.7 Å². The van der Waals surface area contributed by atoms with E-state index in [1.807, 2.05) is 6.07 Å². The highest BCUT2D eigenvalue weighted by atomic mass is 79.9. The van der Waals surface area contributed by atoms with Crippen LogP contribution in [0.3, 0.4) is 0 Å². The van der Waals surface area contributed by atoms with Gasteiger partial charge < -0.3 is 10.3 Å². The quantitative estimate of drug-likeness (QED) is 0.722. The van der Waals surface area contributed by atoms with Crippen molar-refractivity contribution in [1.29, 1.82) is 0 Å². The summed E-state index contributed by atoms with van der Waals surface area (Å²) < 4.78 is 5.66. The summed E-state index contributed by atoms with van der Waals surface area (Å²) in [6, 6.07) is 1.81. The summed E-state index contributed by atoms with van der Waals surface area (Å²) in [4.78, 5) is 3.95. The van der Waals surface area contributed by atoms with Gasteiger partial charge in [-0.3, -0.25) is 0 Å². The van der Waals surface area contributed by atoms with Gasteiger partial charge in [-0.05, 0) is 22.0 Å². The van der Waals surface area contributed by atoms with Gasteiger partial charge in [0.05, 0.1) is 5.39 Å². The lowest BCUT2D eigenvalue weighted by atomic mass is 10.3. The molecular weight excluding hydrogens is 210 g/mol. The summed E-state index contributed by atoms with van der Waals surface area (Å²) in [6.07, 6.45) is 1.63. The van der Waals surface area contributed by atoms with Gasteiger partial charge in [-0.1, -0.05) is 5.16 Å². The van der Waals surface area contributed by atoms with E-state index in [9.17, 15) is 0 Å². The van der Waals surface area contributed by atoms with E-state index in [0.29, 0.717) is 11.5 Å². The number of pyridine rings is 1. The van der Waals surface area contributed by atoms with Crippen molar-refractivity contribution in [1.82, 2.24) is 10.1 Å². The number of nitrogen functional groups attached to an aromatic ring is 1. The first-order chi connectivity index (χ1) is 5.27. The van der Waals surface area contributed by atoms with Crippen LogP contribution in [0, 0.1) is 0 Å². The number of halogens is 1. The Labute approximate surface area is 70.5 Å². The number of aromatic nitrogens is 2. The van der Waals surface area contributed by atoms with Crippen molar-refractivity contribution in [3.8, 4) is 0 Å². The average molecular weight is 214 g/mol. The molecule has 2 heterocycles. The Morgan fingerprint density at radius 3 is 3.18 bits per heavy atom. The van der Waals surface area contributed by atoms with Crippen molar-refractivity contribution >= 4 is 32.8 Å². The Hall–Kier alpha value is -1.10. The van der Waals surface area contributed by atoms with Crippen LogP contribution in [-0.4, -0.2) is 10.1 Å². The average Bonchev–Trinajstić information content (AvgIpc) is 2.33. The molecule has 0 atom stereocenters. The van der Waals surface area contributed by atoms with Crippen molar-refractivity contribution < 1.29 is 4.52 Å². The molecule has 0 saturated carbocycles. The first-order valence-electron chi connectivity index (χ1n) is 2.94. The molecule has 2 N–H and O–H groups in total. The smallest absolute Gasteiger partial charge is 0.259 e. The van der Waals surface area contributed by atoms with Crippen LogP contribution in [0.25, 0.3) is 11.1 Å². The van der Waals surface area contributed by atoms with Crippen molar-refractivity contribution in [2.24, 2.45) is 0 Å². The molecule has 0 saturated heterocycles. The third kappa shape index (κ3) is 0.970. The van der Waals surface area contributed by atoms with Crippen LogP contribution in [0.15, 0.2) is 21.3 Å². The highest BCUT2D eigenvalue weighted by Crippen LogP contribution is 2.21. The topological polar surface area (TPSA) is 64.9 Å². The molecule has 5 heteroatoms. The van der Waals surface area contributed by atoms with E-state index in [1.165, 1.54) is 0 Å². The maximum atomic E-state index is 5.48. The van der Waals surface area contributed by atoms with Gasteiger partial charge in [0, 0.05) is 10.7 Å². The fraction of sp³-hybridized carbons (Fsp3) is 0. The van der Waals surface area contributed by atoms with Crippen LogP contribution in [0.5, 0.6) is 0 Å². The molecule has 0 bridgehead atoms. The molecule has 0 unspecified atom stereocenters. The minimum atomic E-state index is 0.369. The summed E-state index contributed by atoms with van der Waals surface area (Å²) in [6.45, 7) is 0. The maximum absolute atomic E-state index is 5.48. The van der Waals surface area contributed by atoms with E-state index < -0.39 is 0 Å². The van der Waals surface area contributed by atoms with Crippen molar-refractivity contribution in [3.63, 3.8) is 0 Å². The van der Waals surface area contributed by atoms with E-state index in [1.54, 1.807) is 6.20 Å². The fourth-order valence-electron chi connectivity index (χ4n) is 0.825. The number of nitrogens with zero attached hydrogens (tertiary/aromatic N) is 2. The van der Waals surface area contributed by atoms with E-state index >= 15 is 0 Å². The van der Waals surface area contributed by atoms with E-state index in [4.69, 9.17) is 10.3 Å². The molecule has 56 valence electrons. The molecule has 2 rings (SSSR count). The molecule has 0 fully saturated rings. The SMILES string of the molecule is Nc1noc2ncc(Br)cc12. The molecule has 0 aliphatic rings. The fourth-order valence-corrected chi connectivity index (χ4v) is 1.16. The molecule has 0 spiro atoms.